The number of nitrogens with zero attached hydrogens (tertiary/aromatic N) is 1. The van der Waals surface area contributed by atoms with Crippen molar-refractivity contribution in [3.05, 3.63) is 144 Å². The van der Waals surface area contributed by atoms with E-state index in [0.717, 1.165) is 0 Å². The van der Waals surface area contributed by atoms with Crippen molar-refractivity contribution in [3.8, 4) is 5.69 Å². The van der Waals surface area contributed by atoms with Gasteiger partial charge in [0.25, 0.3) is 0 Å². The third-order valence-electron chi connectivity index (χ3n) is 8.72. The molecule has 0 radical (unpaired) electrons. The van der Waals surface area contributed by atoms with Crippen LogP contribution in [0.5, 0.6) is 0 Å². The molecule has 0 bridgehead atoms. The fourth-order valence-corrected chi connectivity index (χ4v) is 9.75. The number of para-hydroxylation sites is 1. The molecule has 0 fully saturated rings. The summed E-state index contributed by atoms with van der Waals surface area (Å²) in [5.74, 6) is 0.905. The predicted molar refractivity (Wildman–Crippen MR) is 167 cm³/mol. The van der Waals surface area contributed by atoms with Crippen LogP contribution in [0.2, 0.25) is 0 Å². The first-order valence-corrected chi connectivity index (χ1v) is 15.4. The Balaban J connectivity index is 1.19. The Morgan fingerprint density at radius 1 is 0.590 bits per heavy atom. The molecule has 5 aromatic rings. The molecule has 0 N–H and O–H groups in total. The smallest absolute Gasteiger partial charge is 0.0541 e. The Morgan fingerprint density at radius 2 is 1.41 bits per heavy atom. The van der Waals surface area contributed by atoms with Crippen LogP contribution in [0, 0.1) is 0 Å². The zero-order chi connectivity index (χ0) is 25.5. The van der Waals surface area contributed by atoms with Crippen molar-refractivity contribution in [2.75, 3.05) is 0 Å². The molecule has 4 atom stereocenters. The molecule has 1 nitrogen and oxygen atoms in total. The van der Waals surface area contributed by atoms with Crippen LogP contribution in [-0.2, 0) is 0 Å². The topological polar surface area (TPSA) is 4.93 Å². The second-order valence-corrected chi connectivity index (χ2v) is 13.2. The van der Waals surface area contributed by atoms with Gasteiger partial charge < -0.3 is 4.57 Å². The average Bonchev–Trinajstić information content (AvgIpc) is 3.66. The maximum absolute atomic E-state index is 2.47. The molecule has 0 saturated heterocycles. The van der Waals surface area contributed by atoms with Crippen molar-refractivity contribution >= 4 is 50.9 Å². The zero-order valence-corrected chi connectivity index (χ0v) is 22.8. The van der Waals surface area contributed by atoms with Gasteiger partial charge in [-0.05, 0) is 64.7 Å². The predicted octanol–water partition coefficient (Wildman–Crippen LogP) is 9.68. The van der Waals surface area contributed by atoms with Crippen molar-refractivity contribution in [1.29, 1.82) is 0 Å². The van der Waals surface area contributed by atoms with E-state index in [1.54, 1.807) is 0 Å². The van der Waals surface area contributed by atoms with Gasteiger partial charge in [-0.1, -0.05) is 85.0 Å². The van der Waals surface area contributed by atoms with Crippen LogP contribution in [0.15, 0.2) is 137 Å². The summed E-state index contributed by atoms with van der Waals surface area (Å²) in [6.45, 7) is 0. The van der Waals surface area contributed by atoms with Gasteiger partial charge >= 0.3 is 0 Å². The molecule has 1 aromatic heterocycles. The van der Waals surface area contributed by atoms with E-state index in [4.69, 9.17) is 0 Å². The number of benzene rings is 4. The van der Waals surface area contributed by atoms with Gasteiger partial charge in [-0.2, -0.15) is 0 Å². The lowest BCUT2D eigenvalue weighted by molar-refractivity contribution is 0.878. The van der Waals surface area contributed by atoms with Crippen LogP contribution in [0.3, 0.4) is 0 Å². The summed E-state index contributed by atoms with van der Waals surface area (Å²) >= 11 is 4.01. The highest BCUT2D eigenvalue weighted by atomic mass is 32.2. The van der Waals surface area contributed by atoms with Crippen LogP contribution in [-0.4, -0.2) is 15.1 Å². The molecule has 4 unspecified atom stereocenters. The summed E-state index contributed by atoms with van der Waals surface area (Å²) in [5.41, 5.74) is 9.47. The largest absolute Gasteiger partial charge is 0.309 e. The molecule has 3 heterocycles. The normalized spacial score (nSPS) is 24.1. The maximum atomic E-state index is 2.47. The zero-order valence-electron chi connectivity index (χ0n) is 21.2. The Bertz CT molecular complexity index is 1950. The third kappa shape index (κ3) is 3.24. The lowest BCUT2D eigenvalue weighted by atomic mass is 9.85. The van der Waals surface area contributed by atoms with Crippen LogP contribution in [0.4, 0.5) is 0 Å². The van der Waals surface area contributed by atoms with Gasteiger partial charge in [-0.25, -0.2) is 0 Å². The van der Waals surface area contributed by atoms with E-state index in [-0.39, 0.29) is 0 Å². The van der Waals surface area contributed by atoms with E-state index in [9.17, 15) is 0 Å². The van der Waals surface area contributed by atoms with Crippen molar-refractivity contribution in [3.63, 3.8) is 0 Å². The first-order valence-electron chi connectivity index (χ1n) is 13.7. The van der Waals surface area contributed by atoms with Crippen LogP contribution in [0.1, 0.15) is 28.5 Å². The van der Waals surface area contributed by atoms with Crippen LogP contribution < -0.4 is 0 Å². The standard InChI is InChI=1S/C36H25NS2/c1-4-13-31-25(8-1)29-20-22(24-11-7-12-28-26-9-2-6-15-34(26)39-36(24)28)16-18-32(29)37(31)23-17-19-35-30(21-23)27-10-3-5-14-33(27)38-35/h1-21,27-28,33,36H. The number of thioether (sulfide) groups is 2. The molecule has 0 saturated carbocycles. The highest BCUT2D eigenvalue weighted by Gasteiger charge is 2.36. The summed E-state index contributed by atoms with van der Waals surface area (Å²) in [7, 11) is 0. The van der Waals surface area contributed by atoms with Gasteiger partial charge in [0.15, 0.2) is 0 Å². The second kappa shape index (κ2) is 8.42. The fourth-order valence-electron chi connectivity index (χ4n) is 6.93. The number of aromatic nitrogens is 1. The molecule has 3 heteroatoms. The highest BCUT2D eigenvalue weighted by molar-refractivity contribution is 8.01. The van der Waals surface area contributed by atoms with Crippen molar-refractivity contribution < 1.29 is 0 Å². The maximum Gasteiger partial charge on any atom is 0.0541 e. The number of allylic oxidation sites excluding steroid dienone is 6. The number of hydrogen-bond donors (Lipinski definition) is 0. The Hall–Kier alpha value is -3.66. The number of rotatable bonds is 2. The van der Waals surface area contributed by atoms with Crippen molar-refractivity contribution in [2.45, 2.75) is 32.1 Å². The fraction of sp³-hybridized carbons (Fsp3) is 0.111. The van der Waals surface area contributed by atoms with E-state index >= 15 is 0 Å². The minimum Gasteiger partial charge on any atom is -0.309 e. The molecule has 4 aliphatic rings. The van der Waals surface area contributed by atoms with E-state index < -0.39 is 0 Å². The average molecular weight is 536 g/mol. The van der Waals surface area contributed by atoms with Crippen molar-refractivity contribution in [1.82, 2.24) is 4.57 Å². The van der Waals surface area contributed by atoms with Gasteiger partial charge in [-0.15, -0.1) is 23.5 Å². The third-order valence-corrected chi connectivity index (χ3v) is 11.5. The Kier molecular flexibility index (Phi) is 4.79. The molecule has 2 aliphatic carbocycles. The SMILES string of the molecule is C1=CC2Sc3ccc(-n4c5ccccc5c5cc(C6=CC=CC7c8ccccc8SC67)ccc54)cc3C2C=C1. The molecule has 0 spiro atoms. The quantitative estimate of drug-likeness (QED) is 0.222. The van der Waals surface area contributed by atoms with E-state index in [2.05, 4.69) is 132 Å². The lowest BCUT2D eigenvalue weighted by Gasteiger charge is -2.23. The summed E-state index contributed by atoms with van der Waals surface area (Å²) in [4.78, 5) is 2.83. The van der Waals surface area contributed by atoms with Gasteiger partial charge in [0.1, 0.15) is 0 Å². The van der Waals surface area contributed by atoms with Crippen molar-refractivity contribution in [2.24, 2.45) is 0 Å². The van der Waals surface area contributed by atoms with Gasteiger partial charge in [0.05, 0.1) is 11.0 Å². The Morgan fingerprint density at radius 3 is 2.41 bits per heavy atom. The van der Waals surface area contributed by atoms with Gasteiger partial charge in [0.2, 0.25) is 0 Å². The summed E-state index contributed by atoms with van der Waals surface area (Å²) < 4.78 is 2.47. The molecule has 2 aliphatic heterocycles. The summed E-state index contributed by atoms with van der Waals surface area (Å²) in [6.07, 6.45) is 16.1. The first-order chi connectivity index (χ1) is 19.3. The summed E-state index contributed by atoms with van der Waals surface area (Å²) in [6, 6.07) is 32.0. The van der Waals surface area contributed by atoms with E-state index in [1.807, 2.05) is 23.5 Å². The highest BCUT2D eigenvalue weighted by Crippen LogP contribution is 2.53. The second-order valence-electron chi connectivity index (χ2n) is 10.8. The summed E-state index contributed by atoms with van der Waals surface area (Å²) in [5, 5.41) is 3.58. The molecule has 4 aromatic carbocycles. The minimum absolute atomic E-state index is 0.429. The van der Waals surface area contributed by atoms with E-state index in [0.29, 0.717) is 22.3 Å². The first kappa shape index (κ1) is 22.2. The lowest BCUT2D eigenvalue weighted by Crippen LogP contribution is -2.13. The minimum atomic E-state index is 0.429. The number of hydrogen-bond acceptors (Lipinski definition) is 2. The van der Waals surface area contributed by atoms with E-state index in [1.165, 1.54) is 59.5 Å². The monoisotopic (exact) mass is 535 g/mol. The molecular weight excluding hydrogens is 511 g/mol. The van der Waals surface area contributed by atoms with Crippen LogP contribution in [0.25, 0.3) is 33.1 Å². The number of fused-ring (bicyclic) bond motifs is 9. The molecular formula is C36H25NS2. The molecule has 39 heavy (non-hydrogen) atoms. The molecule has 9 rings (SSSR count). The molecule has 186 valence electrons. The van der Waals surface area contributed by atoms with Gasteiger partial charge in [-0.3, -0.25) is 0 Å². The van der Waals surface area contributed by atoms with Gasteiger partial charge in [0, 0.05) is 48.6 Å². The molecule has 0 amide bonds. The Labute approximate surface area is 236 Å². The van der Waals surface area contributed by atoms with Crippen LogP contribution >= 0.6 is 23.5 Å².